The van der Waals surface area contributed by atoms with E-state index in [2.05, 4.69) is 20.8 Å². The van der Waals surface area contributed by atoms with Crippen LogP contribution in [0.15, 0.2) is 53.0 Å². The van der Waals surface area contributed by atoms with Crippen LogP contribution < -0.4 is 4.90 Å². The first-order chi connectivity index (χ1) is 13.5. The lowest BCUT2D eigenvalue weighted by molar-refractivity contribution is -0.136. The maximum atomic E-state index is 13.2. The minimum absolute atomic E-state index is 0.272. The highest BCUT2D eigenvalue weighted by atomic mass is 79.9. The molecular weight excluding hydrogens is 424 g/mol. The smallest absolute Gasteiger partial charge is 0.265 e. The Kier molecular flexibility index (Phi) is 5.33. The summed E-state index contributed by atoms with van der Waals surface area (Å²) in [5.74, 6) is -0.725. The van der Waals surface area contributed by atoms with Crippen LogP contribution in [0, 0.1) is 0 Å². The zero-order chi connectivity index (χ0) is 19.7. The minimum atomic E-state index is -1.85. The van der Waals surface area contributed by atoms with Crippen molar-refractivity contribution in [2.75, 3.05) is 37.9 Å². The van der Waals surface area contributed by atoms with Gasteiger partial charge in [-0.05, 0) is 18.2 Å². The Balaban J connectivity index is 1.61. The van der Waals surface area contributed by atoms with Crippen molar-refractivity contribution in [1.29, 1.82) is 0 Å². The summed E-state index contributed by atoms with van der Waals surface area (Å²) in [7, 11) is 0. The van der Waals surface area contributed by atoms with E-state index in [1.165, 1.54) is 0 Å². The zero-order valence-corrected chi connectivity index (χ0v) is 16.9. The van der Waals surface area contributed by atoms with Gasteiger partial charge in [-0.25, -0.2) is 0 Å². The number of benzene rings is 2. The third-order valence-corrected chi connectivity index (χ3v) is 5.80. The summed E-state index contributed by atoms with van der Waals surface area (Å²) >= 11 is 3.34. The van der Waals surface area contributed by atoms with E-state index in [-0.39, 0.29) is 12.2 Å². The molecule has 2 aromatic rings. The molecule has 28 heavy (non-hydrogen) atoms. The number of nitrogens with zero attached hydrogens (tertiary/aromatic N) is 2. The predicted molar refractivity (Wildman–Crippen MR) is 108 cm³/mol. The van der Waals surface area contributed by atoms with Gasteiger partial charge in [0, 0.05) is 28.7 Å². The molecule has 2 heterocycles. The molecular formula is C21H21BrN2O4. The zero-order valence-electron chi connectivity index (χ0n) is 15.3. The maximum Gasteiger partial charge on any atom is 0.265 e. The number of carbonyl (C=O) groups is 2. The molecule has 0 aromatic heterocycles. The highest BCUT2D eigenvalue weighted by molar-refractivity contribution is 9.10. The van der Waals surface area contributed by atoms with Crippen LogP contribution >= 0.6 is 15.9 Å². The lowest BCUT2D eigenvalue weighted by Gasteiger charge is -2.31. The van der Waals surface area contributed by atoms with Gasteiger partial charge in [-0.3, -0.25) is 19.4 Å². The average Bonchev–Trinajstić information content (AvgIpc) is 2.91. The van der Waals surface area contributed by atoms with E-state index in [9.17, 15) is 14.7 Å². The summed E-state index contributed by atoms with van der Waals surface area (Å²) in [6.07, 6.45) is -0.288. The number of fused-ring (bicyclic) bond motifs is 1. The number of hydrogen-bond acceptors (Lipinski definition) is 5. The van der Waals surface area contributed by atoms with Crippen LogP contribution in [0.4, 0.5) is 5.69 Å². The number of carbonyl (C=O) groups excluding carboxylic acids is 2. The number of ketones is 1. The second kappa shape index (κ2) is 7.75. The van der Waals surface area contributed by atoms with Crippen molar-refractivity contribution >= 4 is 33.3 Å². The van der Waals surface area contributed by atoms with Crippen LogP contribution in [0.3, 0.4) is 0 Å². The van der Waals surface area contributed by atoms with Gasteiger partial charge in [0.2, 0.25) is 0 Å². The standard InChI is InChI=1S/C21H21BrN2O4/c22-16-7-5-15(6-8-16)19(25)13-21(27)17-3-1-2-4-18(17)24(20(21)26)14-23-9-11-28-12-10-23/h1-8,27H,9-14H2/t21-/m0/s1. The Morgan fingerprint density at radius 2 is 1.79 bits per heavy atom. The third-order valence-electron chi connectivity index (χ3n) is 5.27. The SMILES string of the molecule is O=C(C[C@@]1(O)C(=O)N(CN2CCOCC2)c2ccccc21)c1ccc(Br)cc1. The van der Waals surface area contributed by atoms with Crippen LogP contribution in [-0.2, 0) is 15.1 Å². The van der Waals surface area contributed by atoms with Crippen molar-refractivity contribution < 1.29 is 19.4 Å². The van der Waals surface area contributed by atoms with E-state index in [0.717, 1.165) is 17.6 Å². The van der Waals surface area contributed by atoms with E-state index in [1.54, 1.807) is 41.3 Å². The Bertz CT molecular complexity index is 896. The summed E-state index contributed by atoms with van der Waals surface area (Å²) in [6.45, 7) is 3.06. The van der Waals surface area contributed by atoms with E-state index >= 15 is 0 Å². The van der Waals surface area contributed by atoms with Crippen molar-refractivity contribution in [2.24, 2.45) is 0 Å². The third kappa shape index (κ3) is 3.51. The van der Waals surface area contributed by atoms with Gasteiger partial charge in [0.05, 0.1) is 32.0 Å². The molecule has 7 heteroatoms. The number of para-hydroxylation sites is 1. The van der Waals surface area contributed by atoms with E-state index < -0.39 is 11.5 Å². The maximum absolute atomic E-state index is 13.2. The Morgan fingerprint density at radius 3 is 2.50 bits per heavy atom. The highest BCUT2D eigenvalue weighted by Crippen LogP contribution is 2.43. The van der Waals surface area contributed by atoms with Crippen LogP contribution in [0.2, 0.25) is 0 Å². The molecule has 0 radical (unpaired) electrons. The summed E-state index contributed by atoms with van der Waals surface area (Å²) in [6, 6.07) is 14.1. The first-order valence-corrected chi connectivity index (χ1v) is 10.0. The van der Waals surface area contributed by atoms with Gasteiger partial charge in [0.15, 0.2) is 11.4 Å². The molecule has 1 amide bonds. The van der Waals surface area contributed by atoms with E-state index in [4.69, 9.17) is 4.74 Å². The van der Waals surface area contributed by atoms with E-state index in [0.29, 0.717) is 36.7 Å². The second-order valence-corrected chi connectivity index (χ2v) is 8.00. The monoisotopic (exact) mass is 444 g/mol. The number of aliphatic hydroxyl groups is 1. The minimum Gasteiger partial charge on any atom is -0.379 e. The fraction of sp³-hybridized carbons (Fsp3) is 0.333. The van der Waals surface area contributed by atoms with Crippen molar-refractivity contribution in [3.05, 3.63) is 64.1 Å². The summed E-state index contributed by atoms with van der Waals surface area (Å²) in [5.41, 5.74) is -0.245. The Morgan fingerprint density at radius 1 is 1.11 bits per heavy atom. The molecule has 0 spiro atoms. The molecule has 1 N–H and O–H groups in total. The molecule has 146 valence electrons. The van der Waals surface area contributed by atoms with Gasteiger partial charge in [-0.1, -0.05) is 46.3 Å². The number of rotatable bonds is 5. The molecule has 2 aliphatic rings. The average molecular weight is 445 g/mol. The summed E-state index contributed by atoms with van der Waals surface area (Å²) in [5, 5.41) is 11.3. The number of ether oxygens (including phenoxy) is 1. The molecule has 1 fully saturated rings. The number of morpholine rings is 1. The number of halogens is 1. The van der Waals surface area contributed by atoms with Gasteiger partial charge in [0.25, 0.3) is 5.91 Å². The molecule has 6 nitrogen and oxygen atoms in total. The van der Waals surface area contributed by atoms with Crippen molar-refractivity contribution in [3.8, 4) is 0 Å². The number of Topliss-reactive ketones (excluding diaryl/α,β-unsaturated/α-hetero) is 1. The molecule has 1 saturated heterocycles. The van der Waals surface area contributed by atoms with Gasteiger partial charge >= 0.3 is 0 Å². The quantitative estimate of drug-likeness (QED) is 0.717. The fourth-order valence-corrected chi connectivity index (χ4v) is 3.99. The highest BCUT2D eigenvalue weighted by Gasteiger charge is 2.51. The first-order valence-electron chi connectivity index (χ1n) is 9.22. The summed E-state index contributed by atoms with van der Waals surface area (Å²) in [4.78, 5) is 29.7. The van der Waals surface area contributed by atoms with Crippen molar-refractivity contribution in [3.63, 3.8) is 0 Å². The molecule has 2 aliphatic heterocycles. The topological polar surface area (TPSA) is 70.1 Å². The lowest BCUT2D eigenvalue weighted by Crippen LogP contribution is -2.49. The van der Waals surface area contributed by atoms with Gasteiger partial charge in [-0.15, -0.1) is 0 Å². The van der Waals surface area contributed by atoms with Gasteiger partial charge in [-0.2, -0.15) is 0 Å². The van der Waals surface area contributed by atoms with Crippen LogP contribution in [0.1, 0.15) is 22.3 Å². The summed E-state index contributed by atoms with van der Waals surface area (Å²) < 4.78 is 6.23. The first kappa shape index (κ1) is 19.3. The number of amides is 1. The predicted octanol–water partition coefficient (Wildman–Crippen LogP) is 2.55. The van der Waals surface area contributed by atoms with Gasteiger partial charge < -0.3 is 9.84 Å². The normalized spacial score (nSPS) is 22.4. The molecule has 0 aliphatic carbocycles. The van der Waals surface area contributed by atoms with Crippen LogP contribution in [-0.4, -0.2) is 54.7 Å². The van der Waals surface area contributed by atoms with E-state index in [1.807, 2.05) is 12.1 Å². The van der Waals surface area contributed by atoms with Crippen molar-refractivity contribution in [2.45, 2.75) is 12.0 Å². The Hall–Kier alpha value is -2.06. The molecule has 1 atom stereocenters. The molecule has 4 rings (SSSR count). The van der Waals surface area contributed by atoms with Crippen LogP contribution in [0.25, 0.3) is 0 Å². The Labute approximate surface area is 171 Å². The van der Waals surface area contributed by atoms with Crippen molar-refractivity contribution in [1.82, 2.24) is 4.90 Å². The molecule has 0 bridgehead atoms. The fourth-order valence-electron chi connectivity index (χ4n) is 3.73. The van der Waals surface area contributed by atoms with Gasteiger partial charge in [0.1, 0.15) is 0 Å². The molecule has 0 unspecified atom stereocenters. The molecule has 2 aromatic carbocycles. The molecule has 0 saturated carbocycles. The number of anilines is 1. The lowest BCUT2D eigenvalue weighted by atomic mass is 9.88. The largest absolute Gasteiger partial charge is 0.379 e. The second-order valence-electron chi connectivity index (χ2n) is 7.09. The van der Waals surface area contributed by atoms with Crippen LogP contribution in [0.5, 0.6) is 0 Å². The number of hydrogen-bond donors (Lipinski definition) is 1.